The first kappa shape index (κ1) is 13.0. The van der Waals surface area contributed by atoms with Gasteiger partial charge in [0.05, 0.1) is 6.10 Å². The molecule has 0 aliphatic carbocycles. The van der Waals surface area contributed by atoms with Gasteiger partial charge in [0.25, 0.3) is 0 Å². The Bertz CT molecular complexity index is 172. The van der Waals surface area contributed by atoms with Gasteiger partial charge < -0.3 is 10.1 Å². The van der Waals surface area contributed by atoms with Crippen molar-refractivity contribution in [1.82, 2.24) is 5.32 Å². The van der Waals surface area contributed by atoms with Gasteiger partial charge in [0, 0.05) is 19.2 Å². The van der Waals surface area contributed by atoms with Crippen LogP contribution in [0.2, 0.25) is 0 Å². The molecular formula is C13H27NO. The van der Waals surface area contributed by atoms with E-state index in [0.29, 0.717) is 12.1 Å². The van der Waals surface area contributed by atoms with Crippen molar-refractivity contribution in [2.45, 2.75) is 59.1 Å². The monoisotopic (exact) mass is 213 g/mol. The fraction of sp³-hybridized carbons (Fsp3) is 1.00. The SMILES string of the molecule is CCC(C)C(C)NCC1CCOC1CC. The van der Waals surface area contributed by atoms with Gasteiger partial charge in [-0.2, -0.15) is 0 Å². The van der Waals surface area contributed by atoms with E-state index in [2.05, 4.69) is 33.0 Å². The molecule has 0 saturated carbocycles. The summed E-state index contributed by atoms with van der Waals surface area (Å²) in [7, 11) is 0. The predicted octanol–water partition coefficient (Wildman–Crippen LogP) is 2.83. The van der Waals surface area contributed by atoms with Gasteiger partial charge in [-0.1, -0.05) is 27.2 Å². The molecule has 1 N–H and O–H groups in total. The zero-order valence-electron chi connectivity index (χ0n) is 10.8. The maximum absolute atomic E-state index is 5.69. The molecule has 0 bridgehead atoms. The van der Waals surface area contributed by atoms with Crippen LogP contribution in [-0.4, -0.2) is 25.3 Å². The Morgan fingerprint density at radius 1 is 1.33 bits per heavy atom. The predicted molar refractivity (Wildman–Crippen MR) is 65.1 cm³/mol. The third kappa shape index (κ3) is 3.76. The summed E-state index contributed by atoms with van der Waals surface area (Å²) in [6.07, 6.45) is 4.15. The molecule has 0 aromatic carbocycles. The first-order valence-corrected chi connectivity index (χ1v) is 6.54. The zero-order chi connectivity index (χ0) is 11.3. The van der Waals surface area contributed by atoms with E-state index in [4.69, 9.17) is 4.74 Å². The lowest BCUT2D eigenvalue weighted by Crippen LogP contribution is -2.37. The molecule has 0 aromatic heterocycles. The summed E-state index contributed by atoms with van der Waals surface area (Å²) in [5, 5.41) is 3.66. The molecule has 0 aromatic rings. The fourth-order valence-electron chi connectivity index (χ4n) is 2.27. The van der Waals surface area contributed by atoms with Crippen molar-refractivity contribution in [1.29, 1.82) is 0 Å². The molecule has 2 nitrogen and oxygen atoms in total. The molecule has 0 amide bonds. The van der Waals surface area contributed by atoms with Crippen molar-refractivity contribution >= 4 is 0 Å². The lowest BCUT2D eigenvalue weighted by molar-refractivity contribution is 0.0862. The van der Waals surface area contributed by atoms with E-state index < -0.39 is 0 Å². The van der Waals surface area contributed by atoms with E-state index in [-0.39, 0.29) is 0 Å². The summed E-state index contributed by atoms with van der Waals surface area (Å²) in [6, 6.07) is 0.633. The zero-order valence-corrected chi connectivity index (χ0v) is 10.8. The van der Waals surface area contributed by atoms with Crippen molar-refractivity contribution in [3.05, 3.63) is 0 Å². The Kier molecular flexibility index (Phi) is 5.62. The fourth-order valence-corrected chi connectivity index (χ4v) is 2.27. The van der Waals surface area contributed by atoms with Gasteiger partial charge >= 0.3 is 0 Å². The number of hydrogen-bond donors (Lipinski definition) is 1. The number of rotatable bonds is 6. The Morgan fingerprint density at radius 3 is 2.67 bits per heavy atom. The average Bonchev–Trinajstić information content (AvgIpc) is 2.71. The van der Waals surface area contributed by atoms with Crippen molar-refractivity contribution < 1.29 is 4.74 Å². The van der Waals surface area contributed by atoms with Crippen LogP contribution in [0.25, 0.3) is 0 Å². The van der Waals surface area contributed by atoms with Crippen LogP contribution >= 0.6 is 0 Å². The van der Waals surface area contributed by atoms with Crippen LogP contribution in [0.1, 0.15) is 47.0 Å². The summed E-state index contributed by atoms with van der Waals surface area (Å²) in [5.74, 6) is 1.51. The highest BCUT2D eigenvalue weighted by Crippen LogP contribution is 2.22. The van der Waals surface area contributed by atoms with Gasteiger partial charge in [-0.3, -0.25) is 0 Å². The molecule has 1 aliphatic rings. The highest BCUT2D eigenvalue weighted by atomic mass is 16.5. The highest BCUT2D eigenvalue weighted by Gasteiger charge is 2.26. The first-order valence-electron chi connectivity index (χ1n) is 6.54. The highest BCUT2D eigenvalue weighted by molar-refractivity contribution is 4.79. The molecule has 4 atom stereocenters. The van der Waals surface area contributed by atoms with E-state index in [1.165, 1.54) is 12.8 Å². The second-order valence-corrected chi connectivity index (χ2v) is 4.95. The summed E-state index contributed by atoms with van der Waals surface area (Å²) in [6.45, 7) is 11.2. The summed E-state index contributed by atoms with van der Waals surface area (Å²) < 4.78 is 5.69. The molecule has 15 heavy (non-hydrogen) atoms. The summed E-state index contributed by atoms with van der Waals surface area (Å²) in [4.78, 5) is 0. The van der Waals surface area contributed by atoms with E-state index in [1.54, 1.807) is 0 Å². The molecule has 0 spiro atoms. The smallest absolute Gasteiger partial charge is 0.0613 e. The topological polar surface area (TPSA) is 21.3 Å². The van der Waals surface area contributed by atoms with Crippen LogP contribution < -0.4 is 5.32 Å². The lowest BCUT2D eigenvalue weighted by atomic mass is 9.97. The van der Waals surface area contributed by atoms with E-state index >= 15 is 0 Å². The average molecular weight is 213 g/mol. The molecule has 1 fully saturated rings. The first-order chi connectivity index (χ1) is 7.19. The van der Waals surface area contributed by atoms with Crippen molar-refractivity contribution in [2.75, 3.05) is 13.2 Å². The van der Waals surface area contributed by atoms with Gasteiger partial charge in [-0.05, 0) is 31.6 Å². The van der Waals surface area contributed by atoms with E-state index in [0.717, 1.165) is 31.4 Å². The molecule has 1 rings (SSSR count). The van der Waals surface area contributed by atoms with Gasteiger partial charge in [0.15, 0.2) is 0 Å². The minimum Gasteiger partial charge on any atom is -0.378 e. The minimum atomic E-state index is 0.502. The van der Waals surface area contributed by atoms with Gasteiger partial charge in [0.1, 0.15) is 0 Å². The number of hydrogen-bond acceptors (Lipinski definition) is 2. The Labute approximate surface area is 94.8 Å². The van der Waals surface area contributed by atoms with Crippen molar-refractivity contribution in [3.63, 3.8) is 0 Å². The third-order valence-corrected chi connectivity index (χ3v) is 3.95. The maximum atomic E-state index is 5.69. The van der Waals surface area contributed by atoms with Crippen LogP contribution in [0, 0.1) is 11.8 Å². The summed E-state index contributed by atoms with van der Waals surface area (Å²) >= 11 is 0. The molecule has 4 unspecified atom stereocenters. The van der Waals surface area contributed by atoms with Crippen LogP contribution in [0.4, 0.5) is 0 Å². The number of ether oxygens (including phenoxy) is 1. The van der Waals surface area contributed by atoms with Crippen LogP contribution in [-0.2, 0) is 4.74 Å². The molecule has 1 aliphatic heterocycles. The molecule has 90 valence electrons. The second-order valence-electron chi connectivity index (χ2n) is 4.95. The lowest BCUT2D eigenvalue weighted by Gasteiger charge is -2.24. The number of nitrogens with one attached hydrogen (secondary N) is 1. The van der Waals surface area contributed by atoms with Gasteiger partial charge in [0.2, 0.25) is 0 Å². The quantitative estimate of drug-likeness (QED) is 0.732. The maximum Gasteiger partial charge on any atom is 0.0613 e. The molecular weight excluding hydrogens is 186 g/mol. The van der Waals surface area contributed by atoms with Crippen LogP contribution in [0.15, 0.2) is 0 Å². The largest absolute Gasteiger partial charge is 0.378 e. The van der Waals surface area contributed by atoms with Crippen LogP contribution in [0.3, 0.4) is 0 Å². The third-order valence-electron chi connectivity index (χ3n) is 3.95. The van der Waals surface area contributed by atoms with E-state index in [9.17, 15) is 0 Å². The molecule has 1 heterocycles. The van der Waals surface area contributed by atoms with Crippen molar-refractivity contribution in [3.8, 4) is 0 Å². The normalized spacial score (nSPS) is 30.4. The van der Waals surface area contributed by atoms with E-state index in [1.807, 2.05) is 0 Å². The Hall–Kier alpha value is -0.0800. The molecule has 0 radical (unpaired) electrons. The Morgan fingerprint density at radius 2 is 2.07 bits per heavy atom. The minimum absolute atomic E-state index is 0.502. The summed E-state index contributed by atoms with van der Waals surface area (Å²) in [5.41, 5.74) is 0. The van der Waals surface area contributed by atoms with Crippen LogP contribution in [0.5, 0.6) is 0 Å². The molecule has 2 heteroatoms. The van der Waals surface area contributed by atoms with Gasteiger partial charge in [-0.15, -0.1) is 0 Å². The van der Waals surface area contributed by atoms with Gasteiger partial charge in [-0.25, -0.2) is 0 Å². The standard InChI is InChI=1S/C13H27NO/c1-5-10(3)11(4)14-9-12-7-8-15-13(12)6-2/h10-14H,5-9H2,1-4H3. The Balaban J connectivity index is 2.24. The molecule has 1 saturated heterocycles. The van der Waals surface area contributed by atoms with Crippen molar-refractivity contribution in [2.24, 2.45) is 11.8 Å². The second kappa shape index (κ2) is 6.49.